The molecule has 2 heterocycles. The minimum atomic E-state index is -0.302. The summed E-state index contributed by atoms with van der Waals surface area (Å²) in [7, 11) is 0. The van der Waals surface area contributed by atoms with Crippen molar-refractivity contribution in [3.63, 3.8) is 0 Å². The van der Waals surface area contributed by atoms with Crippen molar-refractivity contribution in [3.8, 4) is 11.6 Å². The highest BCUT2D eigenvalue weighted by atomic mass is 19.1. The van der Waals surface area contributed by atoms with Crippen molar-refractivity contribution < 1.29 is 18.7 Å². The number of halogens is 1. The number of urea groups is 1. The lowest BCUT2D eigenvalue weighted by Gasteiger charge is -2.31. The number of aromatic nitrogens is 1. The number of anilines is 1. The van der Waals surface area contributed by atoms with Crippen LogP contribution in [0.25, 0.3) is 0 Å². The van der Waals surface area contributed by atoms with Gasteiger partial charge in [0.15, 0.2) is 0 Å². The molecular weight excluding hydrogens is 447 g/mol. The van der Waals surface area contributed by atoms with E-state index in [0.717, 1.165) is 17.7 Å². The lowest BCUT2D eigenvalue weighted by molar-refractivity contribution is -0.126. The maximum atomic E-state index is 13.0. The van der Waals surface area contributed by atoms with Gasteiger partial charge in [-0.15, -0.1) is 0 Å². The molecule has 0 bridgehead atoms. The van der Waals surface area contributed by atoms with Crippen LogP contribution in [0.1, 0.15) is 30.9 Å². The molecule has 1 fully saturated rings. The van der Waals surface area contributed by atoms with Crippen LogP contribution in [-0.4, -0.2) is 34.9 Å². The smallest absolute Gasteiger partial charge is 0.321 e. The van der Waals surface area contributed by atoms with Crippen LogP contribution in [0.3, 0.4) is 0 Å². The number of aryl methyl sites for hydroxylation is 1. The predicted octanol–water partition coefficient (Wildman–Crippen LogP) is 5.14. The Morgan fingerprint density at radius 3 is 2.51 bits per heavy atom. The molecule has 1 aromatic heterocycles. The van der Waals surface area contributed by atoms with Gasteiger partial charge in [0.1, 0.15) is 11.6 Å². The van der Waals surface area contributed by atoms with E-state index in [1.54, 1.807) is 35.4 Å². The number of ether oxygens (including phenoxy) is 1. The molecule has 7 nitrogen and oxygen atoms in total. The predicted molar refractivity (Wildman–Crippen MR) is 132 cm³/mol. The minimum Gasteiger partial charge on any atom is -0.439 e. The molecule has 1 aliphatic heterocycles. The lowest BCUT2D eigenvalue weighted by Crippen LogP contribution is -2.44. The molecule has 1 saturated heterocycles. The van der Waals surface area contributed by atoms with Crippen LogP contribution in [0, 0.1) is 11.7 Å². The summed E-state index contributed by atoms with van der Waals surface area (Å²) < 4.78 is 18.8. The average Bonchev–Trinajstić information content (AvgIpc) is 2.89. The number of hydrogen-bond acceptors (Lipinski definition) is 4. The second-order valence-corrected chi connectivity index (χ2v) is 8.52. The third-order valence-corrected chi connectivity index (χ3v) is 6.05. The number of amides is 3. The first-order chi connectivity index (χ1) is 17.0. The SMILES string of the molecule is CCc1cccc(Oc2ccc(NC(=O)N3CCC(C(=O)NCc4ccc(F)cc4)CC3)cn2)c1. The monoisotopic (exact) mass is 476 g/mol. The topological polar surface area (TPSA) is 83.6 Å². The quantitative estimate of drug-likeness (QED) is 0.495. The molecule has 2 aromatic carbocycles. The van der Waals surface area contributed by atoms with Crippen LogP contribution >= 0.6 is 0 Å². The highest BCUT2D eigenvalue weighted by Gasteiger charge is 2.27. The van der Waals surface area contributed by atoms with E-state index in [1.165, 1.54) is 17.7 Å². The summed E-state index contributed by atoms with van der Waals surface area (Å²) >= 11 is 0. The first-order valence-electron chi connectivity index (χ1n) is 11.8. The fourth-order valence-electron chi connectivity index (χ4n) is 3.95. The number of benzene rings is 2. The van der Waals surface area contributed by atoms with E-state index < -0.39 is 0 Å². The van der Waals surface area contributed by atoms with Crippen molar-refractivity contribution in [1.29, 1.82) is 0 Å². The van der Waals surface area contributed by atoms with Crippen LogP contribution in [0.15, 0.2) is 66.9 Å². The van der Waals surface area contributed by atoms with Crippen molar-refractivity contribution in [2.45, 2.75) is 32.7 Å². The standard InChI is InChI=1S/C27H29FN4O3/c1-2-19-4-3-5-24(16-19)35-25-11-10-23(18-29-25)31-27(34)32-14-12-21(13-15-32)26(33)30-17-20-6-8-22(28)9-7-20/h3-11,16,18,21H,2,12-15,17H2,1H3,(H,30,33)(H,31,34). The molecule has 0 saturated carbocycles. The molecular formula is C27H29FN4O3. The van der Waals surface area contributed by atoms with E-state index in [9.17, 15) is 14.0 Å². The summed E-state index contributed by atoms with van der Waals surface area (Å²) in [5.74, 6) is 0.674. The molecule has 0 aliphatic carbocycles. The van der Waals surface area contributed by atoms with Crippen LogP contribution in [-0.2, 0) is 17.8 Å². The van der Waals surface area contributed by atoms with E-state index >= 15 is 0 Å². The van der Waals surface area contributed by atoms with Crippen molar-refractivity contribution in [3.05, 3.63) is 83.8 Å². The number of likely N-dealkylation sites (tertiary alicyclic amines) is 1. The highest BCUT2D eigenvalue weighted by molar-refractivity contribution is 5.89. The van der Waals surface area contributed by atoms with Gasteiger partial charge in [-0.2, -0.15) is 0 Å². The second kappa shape index (κ2) is 11.5. The molecule has 4 rings (SSSR count). The van der Waals surface area contributed by atoms with Gasteiger partial charge in [0.2, 0.25) is 11.8 Å². The number of nitrogens with zero attached hydrogens (tertiary/aromatic N) is 2. The number of rotatable bonds is 7. The largest absolute Gasteiger partial charge is 0.439 e. The fraction of sp³-hybridized carbons (Fsp3) is 0.296. The maximum absolute atomic E-state index is 13.0. The molecule has 1 aliphatic rings. The Hall–Kier alpha value is -3.94. The minimum absolute atomic E-state index is 0.0429. The van der Waals surface area contributed by atoms with Gasteiger partial charge in [0.05, 0.1) is 11.9 Å². The second-order valence-electron chi connectivity index (χ2n) is 8.52. The van der Waals surface area contributed by atoms with E-state index in [0.29, 0.717) is 44.0 Å². The molecule has 0 unspecified atom stereocenters. The fourth-order valence-corrected chi connectivity index (χ4v) is 3.95. The number of hydrogen-bond donors (Lipinski definition) is 2. The van der Waals surface area contributed by atoms with Crippen molar-refractivity contribution in [1.82, 2.24) is 15.2 Å². The Balaban J connectivity index is 1.22. The zero-order valence-corrected chi connectivity index (χ0v) is 19.7. The third-order valence-electron chi connectivity index (χ3n) is 6.05. The summed E-state index contributed by atoms with van der Waals surface area (Å²) in [5, 5.41) is 5.75. The molecule has 3 aromatic rings. The van der Waals surface area contributed by atoms with Gasteiger partial charge in [0.25, 0.3) is 0 Å². The Morgan fingerprint density at radius 1 is 1.06 bits per heavy atom. The third kappa shape index (κ3) is 6.79. The van der Waals surface area contributed by atoms with Crippen LogP contribution < -0.4 is 15.4 Å². The normalized spacial score (nSPS) is 13.8. The van der Waals surface area contributed by atoms with Crippen LogP contribution in [0.4, 0.5) is 14.9 Å². The maximum Gasteiger partial charge on any atom is 0.321 e. The molecule has 0 radical (unpaired) electrons. The Labute approximate surface area is 204 Å². The lowest BCUT2D eigenvalue weighted by atomic mass is 9.96. The van der Waals surface area contributed by atoms with Gasteiger partial charge < -0.3 is 20.3 Å². The molecule has 0 spiro atoms. The van der Waals surface area contributed by atoms with Crippen LogP contribution in [0.5, 0.6) is 11.6 Å². The molecule has 3 amide bonds. The summed E-state index contributed by atoms with van der Waals surface area (Å²) in [5.41, 5.74) is 2.60. The molecule has 0 atom stereocenters. The van der Waals surface area contributed by atoms with E-state index in [-0.39, 0.29) is 23.7 Å². The number of carbonyl (C=O) groups excluding carboxylic acids is 2. The summed E-state index contributed by atoms with van der Waals surface area (Å²) in [6, 6.07) is 17.1. The van der Waals surface area contributed by atoms with E-state index in [1.807, 2.05) is 24.3 Å². The van der Waals surface area contributed by atoms with Crippen molar-refractivity contribution >= 4 is 17.6 Å². The molecule has 182 valence electrons. The Morgan fingerprint density at radius 2 is 1.83 bits per heavy atom. The van der Waals surface area contributed by atoms with E-state index in [4.69, 9.17) is 4.74 Å². The Bertz CT molecular complexity index is 1140. The van der Waals surface area contributed by atoms with E-state index in [2.05, 4.69) is 22.5 Å². The van der Waals surface area contributed by atoms with Crippen molar-refractivity contribution in [2.24, 2.45) is 5.92 Å². The van der Waals surface area contributed by atoms with Crippen molar-refractivity contribution in [2.75, 3.05) is 18.4 Å². The number of carbonyl (C=O) groups is 2. The van der Waals surface area contributed by atoms with Gasteiger partial charge in [-0.1, -0.05) is 31.2 Å². The number of nitrogens with one attached hydrogen (secondary N) is 2. The van der Waals surface area contributed by atoms with Gasteiger partial charge >= 0.3 is 6.03 Å². The number of piperidine rings is 1. The average molecular weight is 477 g/mol. The zero-order valence-electron chi connectivity index (χ0n) is 19.7. The summed E-state index contributed by atoms with van der Waals surface area (Å²) in [4.78, 5) is 31.1. The summed E-state index contributed by atoms with van der Waals surface area (Å²) in [6.45, 7) is 3.42. The van der Waals surface area contributed by atoms with Gasteiger partial charge in [-0.25, -0.2) is 14.2 Å². The summed E-state index contributed by atoms with van der Waals surface area (Å²) in [6.07, 6.45) is 3.66. The highest BCUT2D eigenvalue weighted by Crippen LogP contribution is 2.23. The molecule has 2 N–H and O–H groups in total. The molecule has 8 heteroatoms. The first-order valence-corrected chi connectivity index (χ1v) is 11.8. The first kappa shape index (κ1) is 24.2. The Kier molecular flexibility index (Phi) is 7.92. The van der Waals surface area contributed by atoms with Gasteiger partial charge in [0, 0.05) is 31.6 Å². The number of pyridine rings is 1. The zero-order chi connectivity index (χ0) is 24.6. The van der Waals surface area contributed by atoms with Gasteiger partial charge in [-0.05, 0) is 60.7 Å². The van der Waals surface area contributed by atoms with Gasteiger partial charge in [-0.3, -0.25) is 4.79 Å². The molecule has 35 heavy (non-hydrogen) atoms. The van der Waals surface area contributed by atoms with Crippen LogP contribution in [0.2, 0.25) is 0 Å².